The first-order valence-electron chi connectivity index (χ1n) is 6.13. The van der Waals surface area contributed by atoms with E-state index in [0.717, 1.165) is 28.7 Å². The minimum atomic E-state index is -0.342. The predicted octanol–water partition coefficient (Wildman–Crippen LogP) is 4.65. The van der Waals surface area contributed by atoms with E-state index in [1.165, 1.54) is 19.3 Å². The van der Waals surface area contributed by atoms with Gasteiger partial charge in [-0.25, -0.2) is 0 Å². The van der Waals surface area contributed by atoms with Gasteiger partial charge >= 0.3 is 0 Å². The third kappa shape index (κ3) is 2.61. The van der Waals surface area contributed by atoms with Gasteiger partial charge in [0.15, 0.2) is 0 Å². The van der Waals surface area contributed by atoms with Crippen molar-refractivity contribution < 1.29 is 5.11 Å². The van der Waals surface area contributed by atoms with Gasteiger partial charge in [0.25, 0.3) is 0 Å². The number of aliphatic hydroxyl groups is 1. The van der Waals surface area contributed by atoms with Crippen LogP contribution in [0.5, 0.6) is 0 Å². The van der Waals surface area contributed by atoms with E-state index >= 15 is 0 Å². The standard InChI is InChI=1S/C13H19ClOS/c1-2-9-3-5-10(6-4-9)12(15)13-11(14)7-8-16-13/h7-10,12,15H,2-6H2,1H3. The average molecular weight is 259 g/mol. The molecule has 0 aliphatic heterocycles. The Morgan fingerprint density at radius 3 is 2.62 bits per heavy atom. The molecule has 0 radical (unpaired) electrons. The summed E-state index contributed by atoms with van der Waals surface area (Å²) < 4.78 is 0. The van der Waals surface area contributed by atoms with Gasteiger partial charge in [0, 0.05) is 0 Å². The topological polar surface area (TPSA) is 20.2 Å². The highest BCUT2D eigenvalue weighted by atomic mass is 35.5. The van der Waals surface area contributed by atoms with Crippen LogP contribution in [0.15, 0.2) is 11.4 Å². The molecule has 0 amide bonds. The van der Waals surface area contributed by atoms with Gasteiger partial charge in [0.1, 0.15) is 0 Å². The molecule has 1 unspecified atom stereocenters. The fourth-order valence-electron chi connectivity index (χ4n) is 2.64. The number of hydrogen-bond donors (Lipinski definition) is 1. The van der Waals surface area contributed by atoms with Crippen LogP contribution >= 0.6 is 22.9 Å². The third-order valence-electron chi connectivity index (χ3n) is 3.83. The molecule has 3 heteroatoms. The van der Waals surface area contributed by atoms with Crippen LogP contribution in [0.1, 0.15) is 50.0 Å². The molecular formula is C13H19ClOS. The van der Waals surface area contributed by atoms with Crippen molar-refractivity contribution >= 4 is 22.9 Å². The fraction of sp³-hybridized carbons (Fsp3) is 0.692. The monoisotopic (exact) mass is 258 g/mol. The van der Waals surface area contributed by atoms with E-state index in [1.807, 2.05) is 11.4 Å². The lowest BCUT2D eigenvalue weighted by Crippen LogP contribution is -2.19. The van der Waals surface area contributed by atoms with E-state index in [-0.39, 0.29) is 6.10 Å². The molecule has 90 valence electrons. The first kappa shape index (κ1) is 12.4. The van der Waals surface area contributed by atoms with Gasteiger partial charge in [-0.3, -0.25) is 0 Å². The minimum Gasteiger partial charge on any atom is -0.387 e. The van der Waals surface area contributed by atoms with Gasteiger partial charge in [0.05, 0.1) is 16.0 Å². The van der Waals surface area contributed by atoms with Crippen molar-refractivity contribution in [3.63, 3.8) is 0 Å². The Kier molecular flexibility index (Phi) is 4.28. The van der Waals surface area contributed by atoms with Crippen LogP contribution in [0.4, 0.5) is 0 Å². The molecule has 1 aliphatic carbocycles. The van der Waals surface area contributed by atoms with E-state index < -0.39 is 0 Å². The molecule has 1 heterocycles. The second kappa shape index (κ2) is 5.52. The van der Waals surface area contributed by atoms with Crippen LogP contribution < -0.4 is 0 Å². The SMILES string of the molecule is CCC1CCC(C(O)c2sccc2Cl)CC1. The lowest BCUT2D eigenvalue weighted by Gasteiger charge is -2.30. The molecule has 1 saturated carbocycles. The third-order valence-corrected chi connectivity index (χ3v) is 5.26. The summed E-state index contributed by atoms with van der Waals surface area (Å²) in [5.41, 5.74) is 0. The molecule has 1 nitrogen and oxygen atoms in total. The van der Waals surface area contributed by atoms with Crippen LogP contribution in [-0.4, -0.2) is 5.11 Å². The summed E-state index contributed by atoms with van der Waals surface area (Å²) in [6.07, 6.45) is 5.76. The summed E-state index contributed by atoms with van der Waals surface area (Å²) in [6, 6.07) is 1.88. The molecule has 2 rings (SSSR count). The molecule has 0 spiro atoms. The highest BCUT2D eigenvalue weighted by Crippen LogP contribution is 2.41. The Hall–Kier alpha value is -0.0500. The van der Waals surface area contributed by atoms with Gasteiger partial charge in [-0.15, -0.1) is 11.3 Å². The van der Waals surface area contributed by atoms with Gasteiger partial charge in [-0.1, -0.05) is 37.8 Å². The van der Waals surface area contributed by atoms with Crippen LogP contribution in [0.25, 0.3) is 0 Å². The van der Waals surface area contributed by atoms with Gasteiger partial charge in [0.2, 0.25) is 0 Å². The molecule has 1 aromatic heterocycles. The van der Waals surface area contributed by atoms with Crippen molar-refractivity contribution in [2.24, 2.45) is 11.8 Å². The summed E-state index contributed by atoms with van der Waals surface area (Å²) in [6.45, 7) is 2.26. The smallest absolute Gasteiger partial charge is 0.0924 e. The highest BCUT2D eigenvalue weighted by Gasteiger charge is 2.28. The van der Waals surface area contributed by atoms with Gasteiger partial charge in [-0.2, -0.15) is 0 Å². The summed E-state index contributed by atoms with van der Waals surface area (Å²) in [5, 5.41) is 13.0. The normalized spacial score (nSPS) is 27.9. The van der Waals surface area contributed by atoms with E-state index in [9.17, 15) is 5.11 Å². The minimum absolute atomic E-state index is 0.342. The number of halogens is 1. The van der Waals surface area contributed by atoms with Crippen LogP contribution in [0.2, 0.25) is 5.02 Å². The average Bonchev–Trinajstić information content (AvgIpc) is 2.75. The number of aliphatic hydroxyl groups excluding tert-OH is 1. The molecule has 0 saturated heterocycles. The summed E-state index contributed by atoms with van der Waals surface area (Å²) in [4.78, 5) is 0.960. The molecule has 1 aliphatic rings. The Bertz CT molecular complexity index is 328. The Morgan fingerprint density at radius 2 is 2.12 bits per heavy atom. The fourth-order valence-corrected chi connectivity index (χ4v) is 3.89. The first-order valence-corrected chi connectivity index (χ1v) is 7.39. The van der Waals surface area contributed by atoms with Crippen LogP contribution in [0, 0.1) is 11.8 Å². The molecule has 1 aromatic rings. The largest absolute Gasteiger partial charge is 0.387 e. The molecule has 1 atom stereocenters. The maximum Gasteiger partial charge on any atom is 0.0924 e. The van der Waals surface area contributed by atoms with Crippen molar-refractivity contribution in [2.45, 2.75) is 45.1 Å². The molecule has 16 heavy (non-hydrogen) atoms. The second-order valence-corrected chi connectivity index (χ2v) is 6.12. The highest BCUT2D eigenvalue weighted by molar-refractivity contribution is 7.10. The second-order valence-electron chi connectivity index (χ2n) is 4.77. The molecule has 1 fully saturated rings. The van der Waals surface area contributed by atoms with E-state index in [0.29, 0.717) is 5.92 Å². The first-order chi connectivity index (χ1) is 7.72. The van der Waals surface area contributed by atoms with Crippen LogP contribution in [0.3, 0.4) is 0 Å². The summed E-state index contributed by atoms with van der Waals surface area (Å²) in [7, 11) is 0. The molecule has 0 aromatic carbocycles. The Balaban J connectivity index is 1.97. The zero-order chi connectivity index (χ0) is 11.5. The van der Waals surface area contributed by atoms with E-state index in [1.54, 1.807) is 11.3 Å². The molecule has 0 bridgehead atoms. The predicted molar refractivity (Wildman–Crippen MR) is 70.0 cm³/mol. The van der Waals surface area contributed by atoms with Crippen molar-refractivity contribution in [3.8, 4) is 0 Å². The Labute approximate surface area is 106 Å². The zero-order valence-corrected chi connectivity index (χ0v) is 11.2. The maximum atomic E-state index is 10.3. The van der Waals surface area contributed by atoms with E-state index in [4.69, 9.17) is 11.6 Å². The van der Waals surface area contributed by atoms with E-state index in [2.05, 4.69) is 6.92 Å². The number of rotatable bonds is 3. The lowest BCUT2D eigenvalue weighted by molar-refractivity contribution is 0.0758. The van der Waals surface area contributed by atoms with Crippen LogP contribution in [-0.2, 0) is 0 Å². The quantitative estimate of drug-likeness (QED) is 0.837. The van der Waals surface area contributed by atoms with Gasteiger partial charge < -0.3 is 5.11 Å². The molecular weight excluding hydrogens is 240 g/mol. The number of thiophene rings is 1. The summed E-state index contributed by atoms with van der Waals surface area (Å²) in [5.74, 6) is 1.29. The number of hydrogen-bond acceptors (Lipinski definition) is 2. The van der Waals surface area contributed by atoms with Gasteiger partial charge in [-0.05, 0) is 36.1 Å². The molecule has 1 N–H and O–H groups in total. The van der Waals surface area contributed by atoms with Crippen molar-refractivity contribution in [1.82, 2.24) is 0 Å². The van der Waals surface area contributed by atoms with Crippen molar-refractivity contribution in [1.29, 1.82) is 0 Å². The van der Waals surface area contributed by atoms with Crippen molar-refractivity contribution in [3.05, 3.63) is 21.3 Å². The maximum absolute atomic E-state index is 10.3. The van der Waals surface area contributed by atoms with Crippen molar-refractivity contribution in [2.75, 3.05) is 0 Å². The zero-order valence-electron chi connectivity index (χ0n) is 9.66. The Morgan fingerprint density at radius 1 is 1.44 bits per heavy atom. The lowest BCUT2D eigenvalue weighted by atomic mass is 9.78. The summed E-state index contributed by atoms with van der Waals surface area (Å²) >= 11 is 7.64.